The Balaban J connectivity index is 3.53. The van der Waals surface area contributed by atoms with Crippen molar-refractivity contribution >= 4 is 5.97 Å². The van der Waals surface area contributed by atoms with Gasteiger partial charge in [0.25, 0.3) is 0 Å². The van der Waals surface area contributed by atoms with E-state index in [1.165, 1.54) is 0 Å². The second-order valence-corrected chi connectivity index (χ2v) is 2.32. The van der Waals surface area contributed by atoms with Crippen LogP contribution in [0.25, 0.3) is 0 Å². The summed E-state index contributed by atoms with van der Waals surface area (Å²) in [7, 11) is 0. The number of hydrogen-bond donors (Lipinski definition) is 1. The van der Waals surface area contributed by atoms with Gasteiger partial charge in [-0.2, -0.15) is 0 Å². The topological polar surface area (TPSA) is 37.3 Å². The summed E-state index contributed by atoms with van der Waals surface area (Å²) in [6, 6.07) is 0. The molecule has 1 N–H and O–H groups in total. The van der Waals surface area contributed by atoms with Crippen LogP contribution in [0, 0.1) is 0 Å². The summed E-state index contributed by atoms with van der Waals surface area (Å²) in [4.78, 5) is 10.1. The molecule has 0 rings (SSSR count). The summed E-state index contributed by atoms with van der Waals surface area (Å²) < 4.78 is 0. The van der Waals surface area contributed by atoms with E-state index in [2.05, 4.69) is 6.58 Å². The standard InChI is InChI=1S/C9H14O2/c1-3-8(4-2)6-5-7-9(10)11/h3-4H,1,5-7H2,2H3,(H,10,11)/b8-4+. The van der Waals surface area contributed by atoms with Crippen LogP contribution in [0.3, 0.4) is 0 Å². The summed E-state index contributed by atoms with van der Waals surface area (Å²) in [5, 5.41) is 8.33. The number of allylic oxidation sites excluding steroid dienone is 3. The zero-order valence-electron chi connectivity index (χ0n) is 6.84. The van der Waals surface area contributed by atoms with Crippen molar-refractivity contribution in [1.29, 1.82) is 0 Å². The highest BCUT2D eigenvalue weighted by atomic mass is 16.4. The molecule has 0 amide bonds. The van der Waals surface area contributed by atoms with E-state index in [0.717, 1.165) is 12.0 Å². The predicted octanol–water partition coefficient (Wildman–Crippen LogP) is 2.37. The molecule has 0 aliphatic heterocycles. The fraction of sp³-hybridized carbons (Fsp3) is 0.444. The maximum absolute atomic E-state index is 10.1. The summed E-state index contributed by atoms with van der Waals surface area (Å²) in [5.74, 6) is -0.732. The van der Waals surface area contributed by atoms with Crippen LogP contribution >= 0.6 is 0 Å². The molecule has 0 atom stereocenters. The fourth-order valence-electron chi connectivity index (χ4n) is 0.808. The van der Waals surface area contributed by atoms with Gasteiger partial charge in [0.15, 0.2) is 0 Å². The monoisotopic (exact) mass is 154 g/mol. The SMILES string of the molecule is C=C/C(=C\C)CCCC(=O)O. The third-order valence-corrected chi connectivity index (χ3v) is 1.49. The van der Waals surface area contributed by atoms with Gasteiger partial charge in [0.05, 0.1) is 0 Å². The number of rotatable bonds is 5. The normalized spacial score (nSPS) is 11.2. The van der Waals surface area contributed by atoms with Crippen LogP contribution in [0.15, 0.2) is 24.3 Å². The molecule has 0 aliphatic rings. The molecule has 0 heterocycles. The average molecular weight is 154 g/mol. The summed E-state index contributed by atoms with van der Waals surface area (Å²) in [6.45, 7) is 5.54. The lowest BCUT2D eigenvalue weighted by atomic mass is 10.1. The lowest BCUT2D eigenvalue weighted by molar-refractivity contribution is -0.137. The fourth-order valence-corrected chi connectivity index (χ4v) is 0.808. The molecule has 2 heteroatoms. The summed E-state index contributed by atoms with van der Waals surface area (Å²) in [5.41, 5.74) is 1.12. The Labute approximate surface area is 67.2 Å². The molecule has 0 bridgehead atoms. The predicted molar refractivity (Wildman–Crippen MR) is 45.4 cm³/mol. The maximum atomic E-state index is 10.1. The highest BCUT2D eigenvalue weighted by Gasteiger charge is 1.96. The molecule has 0 saturated carbocycles. The summed E-state index contributed by atoms with van der Waals surface area (Å²) >= 11 is 0. The van der Waals surface area contributed by atoms with Crippen molar-refractivity contribution in [3.8, 4) is 0 Å². The lowest BCUT2D eigenvalue weighted by Gasteiger charge is -1.97. The van der Waals surface area contributed by atoms with Crippen LogP contribution in [0.2, 0.25) is 0 Å². The third-order valence-electron chi connectivity index (χ3n) is 1.49. The summed E-state index contributed by atoms with van der Waals surface area (Å²) in [6.07, 6.45) is 5.47. The smallest absolute Gasteiger partial charge is 0.303 e. The molecule has 0 unspecified atom stereocenters. The first-order chi connectivity index (χ1) is 5.20. The number of aliphatic carboxylic acids is 1. The van der Waals surface area contributed by atoms with E-state index in [9.17, 15) is 4.79 Å². The Kier molecular flexibility index (Phi) is 5.17. The van der Waals surface area contributed by atoms with Gasteiger partial charge in [0, 0.05) is 6.42 Å². The Morgan fingerprint density at radius 1 is 1.55 bits per heavy atom. The van der Waals surface area contributed by atoms with Gasteiger partial charge in [-0.3, -0.25) is 4.79 Å². The molecule has 0 spiro atoms. The van der Waals surface area contributed by atoms with Gasteiger partial charge in [-0.25, -0.2) is 0 Å². The zero-order chi connectivity index (χ0) is 8.69. The van der Waals surface area contributed by atoms with E-state index >= 15 is 0 Å². The van der Waals surface area contributed by atoms with Crippen molar-refractivity contribution in [3.05, 3.63) is 24.3 Å². The zero-order valence-corrected chi connectivity index (χ0v) is 6.84. The van der Waals surface area contributed by atoms with Crippen LogP contribution in [0.4, 0.5) is 0 Å². The minimum Gasteiger partial charge on any atom is -0.481 e. The Hall–Kier alpha value is -1.05. The first-order valence-electron chi connectivity index (χ1n) is 3.70. The highest BCUT2D eigenvalue weighted by molar-refractivity contribution is 5.66. The maximum Gasteiger partial charge on any atom is 0.303 e. The van der Waals surface area contributed by atoms with Crippen molar-refractivity contribution in [2.45, 2.75) is 26.2 Å². The molecule has 62 valence electrons. The quantitative estimate of drug-likeness (QED) is 0.617. The van der Waals surface area contributed by atoms with E-state index in [1.54, 1.807) is 6.08 Å². The number of carboxylic acids is 1. The van der Waals surface area contributed by atoms with Crippen LogP contribution in [0.1, 0.15) is 26.2 Å². The highest BCUT2D eigenvalue weighted by Crippen LogP contribution is 2.07. The third kappa shape index (κ3) is 5.40. The van der Waals surface area contributed by atoms with Crippen LogP contribution in [0.5, 0.6) is 0 Å². The number of carbonyl (C=O) groups is 1. The van der Waals surface area contributed by atoms with Crippen molar-refractivity contribution in [1.82, 2.24) is 0 Å². The Morgan fingerprint density at radius 2 is 2.18 bits per heavy atom. The van der Waals surface area contributed by atoms with Crippen molar-refractivity contribution < 1.29 is 9.90 Å². The van der Waals surface area contributed by atoms with Gasteiger partial charge in [-0.15, -0.1) is 0 Å². The van der Waals surface area contributed by atoms with Gasteiger partial charge in [-0.1, -0.05) is 24.3 Å². The average Bonchev–Trinajstić information content (AvgIpc) is 1.98. The first kappa shape index (κ1) is 9.95. The number of carboxylic acid groups (broad SMARTS) is 1. The van der Waals surface area contributed by atoms with Crippen LogP contribution < -0.4 is 0 Å². The van der Waals surface area contributed by atoms with Crippen molar-refractivity contribution in [3.63, 3.8) is 0 Å². The van der Waals surface area contributed by atoms with E-state index in [4.69, 9.17) is 5.11 Å². The Morgan fingerprint density at radius 3 is 2.55 bits per heavy atom. The van der Waals surface area contributed by atoms with Gasteiger partial charge < -0.3 is 5.11 Å². The second-order valence-electron chi connectivity index (χ2n) is 2.32. The second kappa shape index (κ2) is 5.71. The van der Waals surface area contributed by atoms with E-state index < -0.39 is 5.97 Å². The molecule has 11 heavy (non-hydrogen) atoms. The van der Waals surface area contributed by atoms with E-state index in [0.29, 0.717) is 6.42 Å². The van der Waals surface area contributed by atoms with Gasteiger partial charge in [0.2, 0.25) is 0 Å². The number of hydrogen-bond acceptors (Lipinski definition) is 1. The molecule has 0 aromatic carbocycles. The molecule has 0 aromatic rings. The van der Waals surface area contributed by atoms with Crippen LogP contribution in [-0.2, 0) is 4.79 Å². The molecule has 2 nitrogen and oxygen atoms in total. The Bertz CT molecular complexity index is 168. The first-order valence-corrected chi connectivity index (χ1v) is 3.70. The molecule has 0 fully saturated rings. The molecule has 0 aromatic heterocycles. The van der Waals surface area contributed by atoms with Crippen molar-refractivity contribution in [2.75, 3.05) is 0 Å². The molecular formula is C9H14O2. The minimum atomic E-state index is -0.732. The molecular weight excluding hydrogens is 140 g/mol. The van der Waals surface area contributed by atoms with Gasteiger partial charge in [0.1, 0.15) is 0 Å². The molecule has 0 radical (unpaired) electrons. The minimum absolute atomic E-state index is 0.241. The van der Waals surface area contributed by atoms with E-state index in [-0.39, 0.29) is 6.42 Å². The lowest BCUT2D eigenvalue weighted by Crippen LogP contribution is -1.93. The van der Waals surface area contributed by atoms with Gasteiger partial charge >= 0.3 is 5.97 Å². The van der Waals surface area contributed by atoms with Gasteiger partial charge in [-0.05, 0) is 19.8 Å². The van der Waals surface area contributed by atoms with Crippen LogP contribution in [-0.4, -0.2) is 11.1 Å². The van der Waals surface area contributed by atoms with Crippen molar-refractivity contribution in [2.24, 2.45) is 0 Å². The molecule has 0 aliphatic carbocycles. The largest absolute Gasteiger partial charge is 0.481 e. The van der Waals surface area contributed by atoms with E-state index in [1.807, 2.05) is 13.0 Å². The molecule has 0 saturated heterocycles.